The van der Waals surface area contributed by atoms with Crippen molar-refractivity contribution in [2.45, 2.75) is 44.3 Å². The minimum absolute atomic E-state index is 0.0526. The largest absolute Gasteiger partial charge is 0.342 e. The number of rotatable bonds is 5. The van der Waals surface area contributed by atoms with Crippen LogP contribution in [0.3, 0.4) is 0 Å². The number of likely N-dealkylation sites (tertiary alicyclic amines) is 1. The number of carbonyl (C=O) groups excluding carboxylic acids is 1. The topological polar surface area (TPSA) is 54.5 Å². The molecule has 120 valence electrons. The molecule has 1 fully saturated rings. The Morgan fingerprint density at radius 2 is 1.91 bits per heavy atom. The number of sulfone groups is 1. The molecule has 1 atom stereocenters. The van der Waals surface area contributed by atoms with Crippen LogP contribution in [-0.4, -0.2) is 38.1 Å². The number of hydrogen-bond acceptors (Lipinski definition) is 3. The van der Waals surface area contributed by atoms with Gasteiger partial charge in [0, 0.05) is 19.5 Å². The van der Waals surface area contributed by atoms with Crippen molar-refractivity contribution in [2.75, 3.05) is 18.8 Å². The van der Waals surface area contributed by atoms with Crippen molar-refractivity contribution < 1.29 is 13.2 Å². The fraction of sp³-hybridized carbons (Fsp3) is 0.588. The normalized spacial score (nSPS) is 19.5. The minimum atomic E-state index is -3.24. The molecule has 22 heavy (non-hydrogen) atoms. The number of carbonyl (C=O) groups is 1. The first-order chi connectivity index (χ1) is 10.5. The molecular weight excluding hydrogens is 298 g/mol. The van der Waals surface area contributed by atoms with Gasteiger partial charge in [-0.25, -0.2) is 8.42 Å². The van der Waals surface area contributed by atoms with Crippen molar-refractivity contribution in [3.8, 4) is 0 Å². The van der Waals surface area contributed by atoms with E-state index in [0.29, 0.717) is 19.5 Å². The molecule has 3 rings (SSSR count). The van der Waals surface area contributed by atoms with Gasteiger partial charge in [-0.15, -0.1) is 0 Å². The van der Waals surface area contributed by atoms with Gasteiger partial charge in [0.1, 0.15) is 0 Å². The fourth-order valence-electron chi connectivity index (χ4n) is 3.41. The number of amides is 1. The average Bonchev–Trinajstić information content (AvgIpc) is 3.12. The molecule has 0 aromatic heterocycles. The molecule has 1 aliphatic heterocycles. The second kappa shape index (κ2) is 6.03. The Morgan fingerprint density at radius 3 is 2.64 bits per heavy atom. The average molecular weight is 321 g/mol. The zero-order valence-electron chi connectivity index (χ0n) is 13.0. The SMILES string of the molecule is CC(c1ccc2c(c1)CCC2)S(=O)(=O)CCN1CCCC1=O. The highest BCUT2D eigenvalue weighted by atomic mass is 32.2. The van der Waals surface area contributed by atoms with Crippen molar-refractivity contribution in [1.82, 2.24) is 4.90 Å². The summed E-state index contributed by atoms with van der Waals surface area (Å²) in [6, 6.07) is 6.09. The Kier molecular flexibility index (Phi) is 4.26. The minimum Gasteiger partial charge on any atom is -0.342 e. The van der Waals surface area contributed by atoms with E-state index in [0.717, 1.165) is 31.2 Å². The molecule has 1 aliphatic carbocycles. The van der Waals surface area contributed by atoms with Crippen LogP contribution in [0.5, 0.6) is 0 Å². The van der Waals surface area contributed by atoms with Gasteiger partial charge in [-0.3, -0.25) is 4.79 Å². The molecule has 1 aromatic carbocycles. The number of benzene rings is 1. The van der Waals surface area contributed by atoms with Crippen LogP contribution in [0.1, 0.15) is 48.1 Å². The van der Waals surface area contributed by atoms with Gasteiger partial charge in [0.15, 0.2) is 9.84 Å². The summed E-state index contributed by atoms with van der Waals surface area (Å²) in [4.78, 5) is 13.3. The lowest BCUT2D eigenvalue weighted by molar-refractivity contribution is -0.127. The zero-order valence-corrected chi connectivity index (χ0v) is 13.9. The molecule has 0 spiro atoms. The van der Waals surface area contributed by atoms with E-state index in [9.17, 15) is 13.2 Å². The van der Waals surface area contributed by atoms with E-state index in [4.69, 9.17) is 0 Å². The lowest BCUT2D eigenvalue weighted by Crippen LogP contribution is -2.31. The van der Waals surface area contributed by atoms with E-state index >= 15 is 0 Å². The molecular formula is C17H23NO3S. The van der Waals surface area contributed by atoms with Gasteiger partial charge in [0.05, 0.1) is 11.0 Å². The fourth-order valence-corrected chi connectivity index (χ4v) is 4.80. The lowest BCUT2D eigenvalue weighted by atomic mass is 10.0. The Balaban J connectivity index is 1.70. The Bertz CT molecular complexity index is 681. The highest BCUT2D eigenvalue weighted by Crippen LogP contribution is 2.29. The maximum Gasteiger partial charge on any atom is 0.222 e. The van der Waals surface area contributed by atoms with Crippen molar-refractivity contribution in [3.05, 3.63) is 34.9 Å². The highest BCUT2D eigenvalue weighted by molar-refractivity contribution is 7.91. The van der Waals surface area contributed by atoms with E-state index in [1.807, 2.05) is 6.07 Å². The van der Waals surface area contributed by atoms with E-state index in [-0.39, 0.29) is 11.7 Å². The van der Waals surface area contributed by atoms with E-state index < -0.39 is 15.1 Å². The number of fused-ring (bicyclic) bond motifs is 1. The summed E-state index contributed by atoms with van der Waals surface area (Å²) in [5.41, 5.74) is 3.54. The van der Waals surface area contributed by atoms with Gasteiger partial charge >= 0.3 is 0 Å². The summed E-state index contributed by atoms with van der Waals surface area (Å²) in [7, 11) is -3.24. The Morgan fingerprint density at radius 1 is 1.14 bits per heavy atom. The molecule has 0 N–H and O–H groups in total. The Labute approximate surface area is 132 Å². The molecule has 0 radical (unpaired) electrons. The van der Waals surface area contributed by atoms with Crippen LogP contribution in [0.4, 0.5) is 0 Å². The van der Waals surface area contributed by atoms with Crippen molar-refractivity contribution in [1.29, 1.82) is 0 Å². The lowest BCUT2D eigenvalue weighted by Gasteiger charge is -2.19. The summed E-state index contributed by atoms with van der Waals surface area (Å²) < 4.78 is 25.1. The third-order valence-electron chi connectivity index (χ3n) is 4.95. The van der Waals surface area contributed by atoms with Crippen molar-refractivity contribution >= 4 is 15.7 Å². The van der Waals surface area contributed by atoms with Crippen molar-refractivity contribution in [2.24, 2.45) is 0 Å². The molecule has 5 heteroatoms. The van der Waals surface area contributed by atoms with Gasteiger partial charge in [-0.1, -0.05) is 18.2 Å². The predicted molar refractivity (Wildman–Crippen MR) is 86.5 cm³/mol. The molecule has 4 nitrogen and oxygen atoms in total. The molecule has 2 aliphatic rings. The summed E-state index contributed by atoms with van der Waals surface area (Å²) in [5.74, 6) is 0.136. The van der Waals surface area contributed by atoms with Crippen LogP contribution in [0.2, 0.25) is 0 Å². The highest BCUT2D eigenvalue weighted by Gasteiger charge is 2.27. The van der Waals surface area contributed by atoms with Crippen LogP contribution >= 0.6 is 0 Å². The van der Waals surface area contributed by atoms with E-state index in [1.165, 1.54) is 11.1 Å². The molecule has 1 heterocycles. The maximum atomic E-state index is 12.6. The smallest absolute Gasteiger partial charge is 0.222 e. The van der Waals surface area contributed by atoms with Crippen molar-refractivity contribution in [3.63, 3.8) is 0 Å². The van der Waals surface area contributed by atoms with E-state index in [1.54, 1.807) is 11.8 Å². The van der Waals surface area contributed by atoms with Crippen LogP contribution in [0, 0.1) is 0 Å². The first kappa shape index (κ1) is 15.5. The molecule has 0 saturated carbocycles. The third-order valence-corrected chi connectivity index (χ3v) is 7.05. The van der Waals surface area contributed by atoms with Gasteiger partial charge in [-0.05, 0) is 49.3 Å². The summed E-state index contributed by atoms with van der Waals surface area (Å²) in [6.45, 7) is 2.79. The second-order valence-corrected chi connectivity index (χ2v) is 8.82. The first-order valence-electron chi connectivity index (χ1n) is 8.08. The molecule has 0 bridgehead atoms. The number of hydrogen-bond donors (Lipinski definition) is 0. The van der Waals surface area contributed by atoms with Gasteiger partial charge < -0.3 is 4.90 Å². The number of nitrogens with zero attached hydrogens (tertiary/aromatic N) is 1. The van der Waals surface area contributed by atoms with Crippen LogP contribution in [0.25, 0.3) is 0 Å². The third kappa shape index (κ3) is 3.05. The number of aryl methyl sites for hydroxylation is 2. The van der Waals surface area contributed by atoms with Crippen LogP contribution in [0.15, 0.2) is 18.2 Å². The summed E-state index contributed by atoms with van der Waals surface area (Å²) >= 11 is 0. The second-order valence-electron chi connectivity index (χ2n) is 6.38. The van der Waals surface area contributed by atoms with Gasteiger partial charge in [0.25, 0.3) is 0 Å². The Hall–Kier alpha value is -1.36. The van der Waals surface area contributed by atoms with Gasteiger partial charge in [-0.2, -0.15) is 0 Å². The molecule has 1 aromatic rings. The first-order valence-corrected chi connectivity index (χ1v) is 9.80. The monoisotopic (exact) mass is 321 g/mol. The van der Waals surface area contributed by atoms with E-state index in [2.05, 4.69) is 12.1 Å². The van der Waals surface area contributed by atoms with Crippen LogP contribution < -0.4 is 0 Å². The maximum absolute atomic E-state index is 12.6. The van der Waals surface area contributed by atoms with Gasteiger partial charge in [0.2, 0.25) is 5.91 Å². The quantitative estimate of drug-likeness (QED) is 0.836. The zero-order chi connectivity index (χ0) is 15.7. The summed E-state index contributed by atoms with van der Waals surface area (Å²) in [6.07, 6.45) is 4.72. The predicted octanol–water partition coefficient (Wildman–Crippen LogP) is 2.27. The molecule has 1 amide bonds. The van der Waals surface area contributed by atoms with Crippen LogP contribution in [-0.2, 0) is 27.5 Å². The molecule has 1 saturated heterocycles. The molecule has 1 unspecified atom stereocenters. The standard InChI is InChI=1S/C17H23NO3S/c1-13(15-8-7-14-4-2-5-16(14)12-15)22(20,21)11-10-18-9-3-6-17(18)19/h7-8,12-13H,2-6,9-11H2,1H3. The summed E-state index contributed by atoms with van der Waals surface area (Å²) in [5, 5.41) is -0.504.